The number of ether oxygens (including phenoxy) is 1. The van der Waals surface area contributed by atoms with Gasteiger partial charge in [0.1, 0.15) is 18.1 Å². The Morgan fingerprint density at radius 3 is 2.40 bits per heavy atom. The summed E-state index contributed by atoms with van der Waals surface area (Å²) in [7, 11) is 0. The van der Waals surface area contributed by atoms with Crippen molar-refractivity contribution in [2.45, 2.75) is 33.6 Å². The first kappa shape index (κ1) is 20.7. The van der Waals surface area contributed by atoms with E-state index in [0.717, 1.165) is 47.7 Å². The predicted octanol–water partition coefficient (Wildman–Crippen LogP) is 4.26. The van der Waals surface area contributed by atoms with Crippen molar-refractivity contribution in [2.75, 3.05) is 26.2 Å². The molecule has 0 unspecified atom stereocenters. The van der Waals surface area contributed by atoms with Crippen LogP contribution < -0.4 is 4.74 Å². The number of carbonyl (C=O) groups excluding carboxylic acids is 2. The standard InChI is InChI=1S/C24H28N2O3S/c1-16-6-8-25(9-7-16)22-21(20-5-4-12-30-20)23(27)26(24(22)28)10-11-29-19-14-17(2)13-18(3)15-19/h4-5,12-16H,6-11H2,1-3H3. The van der Waals surface area contributed by atoms with Crippen LogP contribution in [0.4, 0.5) is 0 Å². The van der Waals surface area contributed by atoms with Crippen LogP contribution in [0.2, 0.25) is 0 Å². The van der Waals surface area contributed by atoms with Crippen molar-refractivity contribution >= 4 is 28.7 Å². The molecule has 0 N–H and O–H groups in total. The Balaban J connectivity index is 1.52. The molecule has 0 saturated carbocycles. The first-order valence-electron chi connectivity index (χ1n) is 10.5. The Labute approximate surface area is 181 Å². The molecule has 2 amide bonds. The summed E-state index contributed by atoms with van der Waals surface area (Å²) in [5.41, 5.74) is 3.37. The van der Waals surface area contributed by atoms with Gasteiger partial charge in [-0.05, 0) is 67.3 Å². The number of piperidine rings is 1. The number of rotatable bonds is 6. The van der Waals surface area contributed by atoms with Crippen LogP contribution in [0.15, 0.2) is 41.4 Å². The molecule has 0 spiro atoms. The third-order valence-corrected chi connectivity index (χ3v) is 6.68. The van der Waals surface area contributed by atoms with Gasteiger partial charge in [-0.25, -0.2) is 0 Å². The van der Waals surface area contributed by atoms with Crippen LogP contribution in [-0.4, -0.2) is 47.9 Å². The van der Waals surface area contributed by atoms with E-state index in [1.165, 1.54) is 16.2 Å². The van der Waals surface area contributed by atoms with Gasteiger partial charge in [0.2, 0.25) is 0 Å². The fraction of sp³-hybridized carbons (Fsp3) is 0.417. The highest BCUT2D eigenvalue weighted by Gasteiger charge is 2.42. The average molecular weight is 425 g/mol. The lowest BCUT2D eigenvalue weighted by Crippen LogP contribution is -2.39. The van der Waals surface area contributed by atoms with E-state index in [4.69, 9.17) is 4.74 Å². The summed E-state index contributed by atoms with van der Waals surface area (Å²) in [6.45, 7) is 8.45. The average Bonchev–Trinajstić information content (AvgIpc) is 3.30. The summed E-state index contributed by atoms with van der Waals surface area (Å²) < 4.78 is 5.87. The maximum absolute atomic E-state index is 13.3. The van der Waals surface area contributed by atoms with E-state index in [0.29, 0.717) is 17.2 Å². The number of hydrogen-bond acceptors (Lipinski definition) is 5. The van der Waals surface area contributed by atoms with Gasteiger partial charge in [-0.3, -0.25) is 14.5 Å². The minimum atomic E-state index is -0.208. The van der Waals surface area contributed by atoms with Crippen LogP contribution in [0.3, 0.4) is 0 Å². The van der Waals surface area contributed by atoms with Crippen molar-refractivity contribution in [2.24, 2.45) is 5.92 Å². The number of aryl methyl sites for hydroxylation is 2. The zero-order valence-corrected chi connectivity index (χ0v) is 18.6. The second-order valence-corrected chi connectivity index (χ2v) is 9.25. The van der Waals surface area contributed by atoms with Crippen molar-refractivity contribution < 1.29 is 14.3 Å². The molecule has 0 aliphatic carbocycles. The molecular weight excluding hydrogens is 396 g/mol. The molecule has 30 heavy (non-hydrogen) atoms. The van der Waals surface area contributed by atoms with Gasteiger partial charge >= 0.3 is 0 Å². The molecule has 2 aliphatic heterocycles. The number of nitrogens with zero attached hydrogens (tertiary/aromatic N) is 2. The molecule has 3 heterocycles. The summed E-state index contributed by atoms with van der Waals surface area (Å²) in [6, 6.07) is 9.87. The van der Waals surface area contributed by atoms with Crippen LogP contribution in [-0.2, 0) is 9.59 Å². The monoisotopic (exact) mass is 424 g/mol. The van der Waals surface area contributed by atoms with E-state index in [2.05, 4.69) is 17.9 Å². The first-order valence-corrected chi connectivity index (χ1v) is 11.4. The molecule has 1 aromatic heterocycles. The van der Waals surface area contributed by atoms with Gasteiger partial charge in [0.15, 0.2) is 0 Å². The first-order chi connectivity index (χ1) is 14.4. The van der Waals surface area contributed by atoms with Gasteiger partial charge in [0.05, 0.1) is 12.1 Å². The van der Waals surface area contributed by atoms with Crippen molar-refractivity contribution in [1.29, 1.82) is 0 Å². The third-order valence-electron chi connectivity index (χ3n) is 5.79. The summed E-state index contributed by atoms with van der Waals surface area (Å²) in [5, 5.41) is 1.95. The Morgan fingerprint density at radius 2 is 1.77 bits per heavy atom. The number of likely N-dealkylation sites (tertiary alicyclic amines) is 1. The van der Waals surface area contributed by atoms with Gasteiger partial charge in [-0.15, -0.1) is 11.3 Å². The molecule has 0 bridgehead atoms. The van der Waals surface area contributed by atoms with Gasteiger partial charge in [0.25, 0.3) is 11.8 Å². The molecule has 1 saturated heterocycles. The Bertz CT molecular complexity index is 952. The van der Waals surface area contributed by atoms with Crippen LogP contribution in [0.5, 0.6) is 5.75 Å². The lowest BCUT2D eigenvalue weighted by Gasteiger charge is -2.32. The highest BCUT2D eigenvalue weighted by atomic mass is 32.1. The maximum Gasteiger partial charge on any atom is 0.278 e. The largest absolute Gasteiger partial charge is 0.492 e. The number of amides is 2. The van der Waals surface area contributed by atoms with Gasteiger partial charge in [0, 0.05) is 18.0 Å². The molecule has 5 nitrogen and oxygen atoms in total. The molecule has 0 radical (unpaired) electrons. The molecule has 1 aromatic carbocycles. The molecule has 158 valence electrons. The third kappa shape index (κ3) is 4.15. The van der Waals surface area contributed by atoms with E-state index < -0.39 is 0 Å². The summed E-state index contributed by atoms with van der Waals surface area (Å²) in [5.74, 6) is 1.02. The fourth-order valence-electron chi connectivity index (χ4n) is 4.21. The molecule has 4 rings (SSSR count). The molecule has 2 aromatic rings. The number of thiophene rings is 1. The molecular formula is C24H28N2O3S. The zero-order valence-electron chi connectivity index (χ0n) is 17.8. The quantitative estimate of drug-likeness (QED) is 0.651. The Hall–Kier alpha value is -2.60. The Morgan fingerprint density at radius 1 is 1.07 bits per heavy atom. The van der Waals surface area contributed by atoms with Crippen molar-refractivity contribution in [3.63, 3.8) is 0 Å². The lowest BCUT2D eigenvalue weighted by atomic mass is 9.98. The molecule has 2 aliphatic rings. The summed E-state index contributed by atoms with van der Waals surface area (Å²) in [6.07, 6.45) is 2.08. The SMILES string of the molecule is Cc1cc(C)cc(OCCN2C(=O)C(c3cccs3)=C(N3CCC(C)CC3)C2=O)c1. The smallest absolute Gasteiger partial charge is 0.278 e. The lowest BCUT2D eigenvalue weighted by molar-refractivity contribution is -0.138. The van der Waals surface area contributed by atoms with Gasteiger partial charge in [-0.2, -0.15) is 0 Å². The van der Waals surface area contributed by atoms with E-state index >= 15 is 0 Å². The maximum atomic E-state index is 13.3. The number of carbonyl (C=O) groups is 2. The second kappa shape index (κ2) is 8.64. The normalized spacial score (nSPS) is 18.0. The molecule has 6 heteroatoms. The molecule has 1 fully saturated rings. The van der Waals surface area contributed by atoms with E-state index in [-0.39, 0.29) is 25.0 Å². The van der Waals surface area contributed by atoms with E-state index in [1.807, 2.05) is 43.5 Å². The fourth-order valence-corrected chi connectivity index (χ4v) is 4.97. The van der Waals surface area contributed by atoms with Crippen LogP contribution in [0.25, 0.3) is 5.57 Å². The van der Waals surface area contributed by atoms with Gasteiger partial charge < -0.3 is 9.64 Å². The van der Waals surface area contributed by atoms with Crippen molar-refractivity contribution in [3.05, 3.63) is 57.4 Å². The molecule has 0 atom stereocenters. The summed E-state index contributed by atoms with van der Waals surface area (Å²) in [4.78, 5) is 30.9. The second-order valence-electron chi connectivity index (χ2n) is 8.30. The number of imide groups is 1. The Kier molecular flexibility index (Phi) is 5.95. The summed E-state index contributed by atoms with van der Waals surface area (Å²) >= 11 is 1.50. The highest BCUT2D eigenvalue weighted by Crippen LogP contribution is 2.35. The number of benzene rings is 1. The van der Waals surface area contributed by atoms with Gasteiger partial charge in [-0.1, -0.05) is 19.1 Å². The number of hydrogen-bond donors (Lipinski definition) is 0. The minimum absolute atomic E-state index is 0.193. The topological polar surface area (TPSA) is 49.9 Å². The van der Waals surface area contributed by atoms with Crippen molar-refractivity contribution in [3.8, 4) is 5.75 Å². The van der Waals surface area contributed by atoms with Crippen LogP contribution in [0, 0.1) is 19.8 Å². The zero-order chi connectivity index (χ0) is 21.3. The predicted molar refractivity (Wildman–Crippen MR) is 119 cm³/mol. The van der Waals surface area contributed by atoms with Crippen LogP contribution >= 0.6 is 11.3 Å². The van der Waals surface area contributed by atoms with Crippen molar-refractivity contribution in [1.82, 2.24) is 9.80 Å². The highest BCUT2D eigenvalue weighted by molar-refractivity contribution is 7.11. The minimum Gasteiger partial charge on any atom is -0.492 e. The van der Waals surface area contributed by atoms with E-state index in [9.17, 15) is 9.59 Å². The van der Waals surface area contributed by atoms with Crippen LogP contribution in [0.1, 0.15) is 35.8 Å². The van der Waals surface area contributed by atoms with E-state index in [1.54, 1.807) is 0 Å².